The molecule has 0 amide bonds. The fraction of sp³-hybridized carbons (Fsp3) is 0.538. The Morgan fingerprint density at radius 1 is 1.60 bits per heavy atom. The van der Waals surface area contributed by atoms with E-state index in [1.54, 1.807) is 6.26 Å². The molecule has 15 heavy (non-hydrogen) atoms. The second-order valence-corrected chi connectivity index (χ2v) is 4.52. The average molecular weight is 205 g/mol. The lowest BCUT2D eigenvalue weighted by molar-refractivity contribution is 0.175. The number of hydrogen-bond donors (Lipinski definition) is 1. The minimum atomic E-state index is 0.377. The number of rotatable bonds is 4. The molecule has 0 saturated heterocycles. The van der Waals surface area contributed by atoms with Crippen LogP contribution in [0.4, 0.5) is 0 Å². The largest absolute Gasteiger partial charge is 0.465 e. The van der Waals surface area contributed by atoms with Gasteiger partial charge < -0.3 is 10.2 Å². The van der Waals surface area contributed by atoms with Gasteiger partial charge in [0, 0.05) is 0 Å². The van der Waals surface area contributed by atoms with Crippen LogP contribution < -0.4 is 5.73 Å². The van der Waals surface area contributed by atoms with Crippen molar-refractivity contribution in [1.82, 2.24) is 0 Å². The molecule has 1 heterocycles. The first-order valence-electron chi connectivity index (χ1n) is 5.69. The van der Waals surface area contributed by atoms with Gasteiger partial charge in [0.15, 0.2) is 0 Å². The molecule has 0 atom stereocenters. The van der Waals surface area contributed by atoms with Crippen LogP contribution in [0.25, 0.3) is 6.08 Å². The summed E-state index contributed by atoms with van der Waals surface area (Å²) in [5.74, 6) is 0.954. The second-order valence-electron chi connectivity index (χ2n) is 4.52. The molecule has 0 aromatic carbocycles. The molecule has 1 aromatic heterocycles. The SMILES string of the molecule is C/C(=C/c1ccco1)C1(CCN)CCC1. The van der Waals surface area contributed by atoms with Crippen molar-refractivity contribution in [3.05, 3.63) is 29.7 Å². The van der Waals surface area contributed by atoms with Crippen LogP contribution in [0.2, 0.25) is 0 Å². The van der Waals surface area contributed by atoms with Crippen LogP contribution >= 0.6 is 0 Å². The molecule has 0 bridgehead atoms. The van der Waals surface area contributed by atoms with Crippen molar-refractivity contribution in [2.24, 2.45) is 11.1 Å². The highest BCUT2D eigenvalue weighted by Gasteiger charge is 2.37. The van der Waals surface area contributed by atoms with E-state index in [0.29, 0.717) is 5.41 Å². The van der Waals surface area contributed by atoms with Crippen LogP contribution in [0.1, 0.15) is 38.4 Å². The van der Waals surface area contributed by atoms with Crippen molar-refractivity contribution < 1.29 is 4.42 Å². The number of furan rings is 1. The summed E-state index contributed by atoms with van der Waals surface area (Å²) in [6.45, 7) is 2.99. The van der Waals surface area contributed by atoms with E-state index in [1.165, 1.54) is 24.8 Å². The summed E-state index contributed by atoms with van der Waals surface area (Å²) in [6.07, 6.45) is 8.89. The van der Waals surface area contributed by atoms with Gasteiger partial charge in [0.1, 0.15) is 5.76 Å². The summed E-state index contributed by atoms with van der Waals surface area (Å²) in [6, 6.07) is 3.92. The maximum Gasteiger partial charge on any atom is 0.126 e. The quantitative estimate of drug-likeness (QED) is 0.819. The zero-order chi connectivity index (χ0) is 10.7. The molecule has 1 aromatic rings. The van der Waals surface area contributed by atoms with E-state index in [2.05, 4.69) is 13.0 Å². The monoisotopic (exact) mass is 205 g/mol. The van der Waals surface area contributed by atoms with Gasteiger partial charge in [-0.2, -0.15) is 0 Å². The molecule has 1 fully saturated rings. The molecule has 0 radical (unpaired) electrons. The summed E-state index contributed by atoms with van der Waals surface area (Å²) in [5.41, 5.74) is 7.49. The molecule has 82 valence electrons. The van der Waals surface area contributed by atoms with E-state index >= 15 is 0 Å². The standard InChI is InChI=1S/C13H19NO/c1-11(10-12-4-2-9-15-12)13(7-8-14)5-3-6-13/h2,4,9-10H,3,5-8,14H2,1H3/b11-10-. The van der Waals surface area contributed by atoms with Gasteiger partial charge in [0.05, 0.1) is 6.26 Å². The lowest BCUT2D eigenvalue weighted by atomic mass is 9.62. The highest BCUT2D eigenvalue weighted by molar-refractivity contribution is 5.49. The summed E-state index contributed by atoms with van der Waals surface area (Å²) in [5, 5.41) is 0. The van der Waals surface area contributed by atoms with Gasteiger partial charge in [-0.05, 0) is 56.4 Å². The molecule has 1 aliphatic rings. The lowest BCUT2D eigenvalue weighted by Crippen LogP contribution is -2.32. The zero-order valence-electron chi connectivity index (χ0n) is 9.33. The van der Waals surface area contributed by atoms with Crippen LogP contribution in [0.15, 0.2) is 28.4 Å². The Bertz CT molecular complexity index is 333. The van der Waals surface area contributed by atoms with Crippen LogP contribution in [-0.4, -0.2) is 6.54 Å². The maximum atomic E-state index is 5.68. The topological polar surface area (TPSA) is 39.2 Å². The zero-order valence-corrected chi connectivity index (χ0v) is 9.33. The fourth-order valence-electron chi connectivity index (χ4n) is 2.46. The predicted molar refractivity (Wildman–Crippen MR) is 62.3 cm³/mol. The number of nitrogens with two attached hydrogens (primary N) is 1. The van der Waals surface area contributed by atoms with E-state index < -0.39 is 0 Å². The van der Waals surface area contributed by atoms with Gasteiger partial charge in [0.25, 0.3) is 0 Å². The maximum absolute atomic E-state index is 5.68. The predicted octanol–water partition coefficient (Wildman–Crippen LogP) is 3.20. The van der Waals surface area contributed by atoms with Gasteiger partial charge >= 0.3 is 0 Å². The van der Waals surface area contributed by atoms with E-state index in [4.69, 9.17) is 10.2 Å². The van der Waals surface area contributed by atoms with Crippen molar-refractivity contribution >= 4 is 6.08 Å². The van der Waals surface area contributed by atoms with Crippen molar-refractivity contribution in [3.63, 3.8) is 0 Å². The summed E-state index contributed by atoms with van der Waals surface area (Å²) in [4.78, 5) is 0. The van der Waals surface area contributed by atoms with Crippen LogP contribution in [0, 0.1) is 5.41 Å². The van der Waals surface area contributed by atoms with E-state index in [-0.39, 0.29) is 0 Å². The van der Waals surface area contributed by atoms with E-state index in [1.807, 2.05) is 12.1 Å². The molecular formula is C13H19NO. The number of allylic oxidation sites excluding steroid dienone is 1. The van der Waals surface area contributed by atoms with E-state index in [0.717, 1.165) is 18.7 Å². The van der Waals surface area contributed by atoms with Crippen molar-refractivity contribution in [2.45, 2.75) is 32.6 Å². The molecule has 2 nitrogen and oxygen atoms in total. The Kier molecular flexibility index (Phi) is 2.96. The van der Waals surface area contributed by atoms with Crippen molar-refractivity contribution in [3.8, 4) is 0 Å². The normalized spacial score (nSPS) is 20.0. The first kappa shape index (κ1) is 10.5. The minimum Gasteiger partial charge on any atom is -0.465 e. The summed E-state index contributed by atoms with van der Waals surface area (Å²) >= 11 is 0. The molecular weight excluding hydrogens is 186 g/mol. The van der Waals surface area contributed by atoms with Crippen LogP contribution in [0.3, 0.4) is 0 Å². The molecule has 0 spiro atoms. The molecule has 2 heteroatoms. The van der Waals surface area contributed by atoms with Crippen LogP contribution in [-0.2, 0) is 0 Å². The third-order valence-corrected chi connectivity index (χ3v) is 3.67. The minimum absolute atomic E-state index is 0.377. The third kappa shape index (κ3) is 2.00. The Balaban J connectivity index is 2.14. The fourth-order valence-corrected chi connectivity index (χ4v) is 2.46. The summed E-state index contributed by atoms with van der Waals surface area (Å²) in [7, 11) is 0. The Labute approximate surface area is 91.2 Å². The van der Waals surface area contributed by atoms with Crippen molar-refractivity contribution in [1.29, 1.82) is 0 Å². The van der Waals surface area contributed by atoms with Crippen molar-refractivity contribution in [2.75, 3.05) is 6.54 Å². The molecule has 1 saturated carbocycles. The molecule has 2 N–H and O–H groups in total. The highest BCUT2D eigenvalue weighted by atomic mass is 16.3. The average Bonchev–Trinajstić information content (AvgIpc) is 2.63. The highest BCUT2D eigenvalue weighted by Crippen LogP contribution is 2.49. The molecule has 2 rings (SSSR count). The van der Waals surface area contributed by atoms with E-state index in [9.17, 15) is 0 Å². The molecule has 1 aliphatic carbocycles. The Morgan fingerprint density at radius 2 is 2.40 bits per heavy atom. The first-order valence-corrected chi connectivity index (χ1v) is 5.69. The van der Waals surface area contributed by atoms with Gasteiger partial charge in [-0.25, -0.2) is 0 Å². The van der Waals surface area contributed by atoms with Gasteiger partial charge in [-0.15, -0.1) is 0 Å². The summed E-state index contributed by atoms with van der Waals surface area (Å²) < 4.78 is 5.34. The second kappa shape index (κ2) is 4.23. The Hall–Kier alpha value is -1.02. The molecule has 0 aliphatic heterocycles. The van der Waals surface area contributed by atoms with Gasteiger partial charge in [0.2, 0.25) is 0 Å². The van der Waals surface area contributed by atoms with Gasteiger partial charge in [-0.3, -0.25) is 0 Å². The smallest absolute Gasteiger partial charge is 0.126 e. The van der Waals surface area contributed by atoms with Gasteiger partial charge in [-0.1, -0.05) is 12.0 Å². The third-order valence-electron chi connectivity index (χ3n) is 3.67. The number of hydrogen-bond acceptors (Lipinski definition) is 2. The Morgan fingerprint density at radius 3 is 2.87 bits per heavy atom. The first-order chi connectivity index (χ1) is 7.27. The molecule has 0 unspecified atom stereocenters. The van der Waals surface area contributed by atoms with Crippen LogP contribution in [0.5, 0.6) is 0 Å². The lowest BCUT2D eigenvalue weighted by Gasteiger charge is -2.43.